The average Bonchev–Trinajstić information content (AvgIpc) is 2.38. The predicted molar refractivity (Wildman–Crippen MR) is 80.5 cm³/mol. The summed E-state index contributed by atoms with van der Waals surface area (Å²) in [4.78, 5) is 2.17. The second kappa shape index (κ2) is 5.94. The molecule has 0 aromatic heterocycles. The van der Waals surface area contributed by atoms with E-state index >= 15 is 0 Å². The molecule has 1 N–H and O–H groups in total. The highest BCUT2D eigenvalue weighted by Crippen LogP contribution is 2.24. The minimum atomic E-state index is 0.791. The number of benzene rings is 1. The largest absolute Gasteiger partial charge is 0.385 e. The quantitative estimate of drug-likeness (QED) is 0.810. The molecular formula is C16H24N2. The molecule has 2 heteroatoms. The Bertz CT molecular complexity index is 421. The van der Waals surface area contributed by atoms with Crippen molar-refractivity contribution >= 4 is 11.4 Å². The van der Waals surface area contributed by atoms with Crippen LogP contribution in [0, 0.1) is 12.8 Å². The van der Waals surface area contributed by atoms with Gasteiger partial charge < -0.3 is 10.2 Å². The maximum Gasteiger partial charge on any atom is 0.0411 e. The van der Waals surface area contributed by atoms with E-state index < -0.39 is 0 Å². The molecule has 2 rings (SSSR count). The zero-order valence-electron chi connectivity index (χ0n) is 11.7. The lowest BCUT2D eigenvalue weighted by molar-refractivity contribution is 0.504. The van der Waals surface area contributed by atoms with E-state index in [1.807, 2.05) is 0 Å². The number of nitrogens with one attached hydrogen (secondary N) is 1. The molecule has 0 spiro atoms. The lowest BCUT2D eigenvalue weighted by Gasteiger charge is -2.21. The van der Waals surface area contributed by atoms with E-state index in [1.54, 1.807) is 0 Å². The Morgan fingerprint density at radius 2 is 2.11 bits per heavy atom. The van der Waals surface area contributed by atoms with Crippen molar-refractivity contribution in [2.24, 2.45) is 5.92 Å². The van der Waals surface area contributed by atoms with Gasteiger partial charge in [-0.25, -0.2) is 0 Å². The van der Waals surface area contributed by atoms with E-state index in [4.69, 9.17) is 0 Å². The third-order valence-corrected chi connectivity index (χ3v) is 3.66. The van der Waals surface area contributed by atoms with Gasteiger partial charge >= 0.3 is 0 Å². The summed E-state index contributed by atoms with van der Waals surface area (Å²) in [5, 5.41) is 3.58. The van der Waals surface area contributed by atoms with Crippen LogP contribution in [0.25, 0.3) is 0 Å². The highest BCUT2D eigenvalue weighted by Gasteiger charge is 2.09. The van der Waals surface area contributed by atoms with Crippen LogP contribution in [0.15, 0.2) is 30.4 Å². The molecule has 0 bridgehead atoms. The van der Waals surface area contributed by atoms with Gasteiger partial charge in [0.1, 0.15) is 0 Å². The first kappa shape index (κ1) is 13.0. The van der Waals surface area contributed by atoms with Crippen molar-refractivity contribution in [1.29, 1.82) is 0 Å². The van der Waals surface area contributed by atoms with Crippen LogP contribution in [0.3, 0.4) is 0 Å². The highest BCUT2D eigenvalue weighted by molar-refractivity contribution is 5.61. The molecule has 0 fully saturated rings. The zero-order chi connectivity index (χ0) is 13.0. The van der Waals surface area contributed by atoms with Gasteiger partial charge in [0.2, 0.25) is 0 Å². The molecule has 0 aliphatic heterocycles. The lowest BCUT2D eigenvalue weighted by atomic mass is 9.94. The molecule has 1 unspecified atom stereocenters. The molecule has 0 saturated heterocycles. The summed E-state index contributed by atoms with van der Waals surface area (Å²) in [6, 6.07) is 6.62. The van der Waals surface area contributed by atoms with E-state index in [9.17, 15) is 0 Å². The van der Waals surface area contributed by atoms with Crippen LogP contribution < -0.4 is 10.2 Å². The molecule has 0 saturated carbocycles. The summed E-state index contributed by atoms with van der Waals surface area (Å²) < 4.78 is 0. The molecule has 0 amide bonds. The van der Waals surface area contributed by atoms with Crippen LogP contribution in [0.2, 0.25) is 0 Å². The van der Waals surface area contributed by atoms with Gasteiger partial charge in [-0.2, -0.15) is 0 Å². The van der Waals surface area contributed by atoms with Crippen LogP contribution in [0.4, 0.5) is 11.4 Å². The summed E-state index contributed by atoms with van der Waals surface area (Å²) in [6.45, 7) is 3.24. The molecule has 0 radical (unpaired) electrons. The maximum absolute atomic E-state index is 3.58. The SMILES string of the molecule is Cc1ccc(NCC2CC=CCC2)cc1N(C)C. The van der Waals surface area contributed by atoms with Gasteiger partial charge in [-0.3, -0.25) is 0 Å². The number of hydrogen-bond acceptors (Lipinski definition) is 2. The molecule has 1 atom stereocenters. The van der Waals surface area contributed by atoms with E-state index in [0.717, 1.165) is 12.5 Å². The van der Waals surface area contributed by atoms with Crippen LogP contribution in [-0.2, 0) is 0 Å². The van der Waals surface area contributed by atoms with Crippen LogP contribution >= 0.6 is 0 Å². The van der Waals surface area contributed by atoms with Crippen LogP contribution in [0.1, 0.15) is 24.8 Å². The van der Waals surface area contributed by atoms with E-state index in [1.165, 1.54) is 36.2 Å². The fraction of sp³-hybridized carbons (Fsp3) is 0.500. The Balaban J connectivity index is 1.96. The Hall–Kier alpha value is -1.44. The third kappa shape index (κ3) is 3.28. The molecule has 0 heterocycles. The standard InChI is InChI=1S/C16H24N2/c1-13-9-10-15(11-16(13)18(2)3)17-12-14-7-5-4-6-8-14/h4-5,9-11,14,17H,6-8,12H2,1-3H3. The third-order valence-electron chi connectivity index (χ3n) is 3.66. The Kier molecular flexibility index (Phi) is 4.29. The first-order valence-corrected chi connectivity index (χ1v) is 6.83. The Morgan fingerprint density at radius 3 is 2.78 bits per heavy atom. The minimum absolute atomic E-state index is 0.791. The normalized spacial score (nSPS) is 18.7. The molecule has 18 heavy (non-hydrogen) atoms. The van der Waals surface area contributed by atoms with Crippen molar-refractivity contribution < 1.29 is 0 Å². The second-order valence-corrected chi connectivity index (χ2v) is 5.43. The first-order chi connectivity index (χ1) is 8.66. The Labute approximate surface area is 111 Å². The summed E-state index contributed by atoms with van der Waals surface area (Å²) >= 11 is 0. The van der Waals surface area contributed by atoms with Crippen molar-refractivity contribution in [1.82, 2.24) is 0 Å². The van der Waals surface area contributed by atoms with Crippen molar-refractivity contribution in [3.05, 3.63) is 35.9 Å². The van der Waals surface area contributed by atoms with Crippen molar-refractivity contribution in [2.75, 3.05) is 30.9 Å². The van der Waals surface area contributed by atoms with Gasteiger partial charge in [-0.1, -0.05) is 18.2 Å². The number of aryl methyl sites for hydroxylation is 1. The van der Waals surface area contributed by atoms with Gasteiger partial charge in [0.15, 0.2) is 0 Å². The van der Waals surface area contributed by atoms with Crippen LogP contribution in [-0.4, -0.2) is 20.6 Å². The molecule has 1 aliphatic carbocycles. The molecular weight excluding hydrogens is 220 g/mol. The van der Waals surface area contributed by atoms with E-state index in [2.05, 4.69) is 61.6 Å². The van der Waals surface area contributed by atoms with E-state index in [-0.39, 0.29) is 0 Å². The van der Waals surface area contributed by atoms with Gasteiger partial charge in [0.25, 0.3) is 0 Å². The number of anilines is 2. The topological polar surface area (TPSA) is 15.3 Å². The number of rotatable bonds is 4. The van der Waals surface area contributed by atoms with Crippen molar-refractivity contribution in [3.8, 4) is 0 Å². The monoisotopic (exact) mass is 244 g/mol. The van der Waals surface area contributed by atoms with Gasteiger partial charge in [0.05, 0.1) is 0 Å². The van der Waals surface area contributed by atoms with Crippen molar-refractivity contribution in [2.45, 2.75) is 26.2 Å². The van der Waals surface area contributed by atoms with E-state index in [0.29, 0.717) is 0 Å². The maximum atomic E-state index is 3.58. The molecule has 2 nitrogen and oxygen atoms in total. The highest BCUT2D eigenvalue weighted by atomic mass is 15.1. The summed E-state index contributed by atoms with van der Waals surface area (Å²) in [5.74, 6) is 0.791. The fourth-order valence-electron chi connectivity index (χ4n) is 2.51. The summed E-state index contributed by atoms with van der Waals surface area (Å²) in [5.41, 5.74) is 3.86. The average molecular weight is 244 g/mol. The number of hydrogen-bond donors (Lipinski definition) is 1. The van der Waals surface area contributed by atoms with Crippen LogP contribution in [0.5, 0.6) is 0 Å². The smallest absolute Gasteiger partial charge is 0.0411 e. The predicted octanol–water partition coefficient (Wildman–Crippen LogP) is 3.83. The molecule has 1 aliphatic rings. The molecule has 1 aromatic carbocycles. The van der Waals surface area contributed by atoms with Gasteiger partial charge in [-0.05, 0) is 49.8 Å². The molecule has 98 valence electrons. The summed E-state index contributed by atoms with van der Waals surface area (Å²) in [7, 11) is 4.19. The van der Waals surface area contributed by atoms with Gasteiger partial charge in [0, 0.05) is 32.0 Å². The Morgan fingerprint density at radius 1 is 1.28 bits per heavy atom. The number of allylic oxidation sites excluding steroid dienone is 2. The zero-order valence-corrected chi connectivity index (χ0v) is 11.7. The van der Waals surface area contributed by atoms with Crippen molar-refractivity contribution in [3.63, 3.8) is 0 Å². The summed E-state index contributed by atoms with van der Waals surface area (Å²) in [6.07, 6.45) is 8.39. The molecule has 1 aromatic rings. The van der Waals surface area contributed by atoms with Gasteiger partial charge in [-0.15, -0.1) is 0 Å². The first-order valence-electron chi connectivity index (χ1n) is 6.83. The second-order valence-electron chi connectivity index (χ2n) is 5.43. The minimum Gasteiger partial charge on any atom is -0.385 e. The number of nitrogens with zero attached hydrogens (tertiary/aromatic N) is 1. The fourth-order valence-corrected chi connectivity index (χ4v) is 2.51. The lowest BCUT2D eigenvalue weighted by Crippen LogP contribution is -2.16.